The van der Waals surface area contributed by atoms with Crippen LogP contribution >= 0.6 is 0 Å². The van der Waals surface area contributed by atoms with Gasteiger partial charge in [0.2, 0.25) is 0 Å². The van der Waals surface area contributed by atoms with E-state index in [0.29, 0.717) is 30.0 Å². The number of nitrogens with zero attached hydrogens (tertiary/aromatic N) is 1. The lowest BCUT2D eigenvalue weighted by Gasteiger charge is -2.35. The van der Waals surface area contributed by atoms with E-state index in [9.17, 15) is 14.2 Å². The molecule has 3 nitrogen and oxygen atoms in total. The number of aromatic nitrogens is 1. The van der Waals surface area contributed by atoms with Crippen LogP contribution in [0.4, 0.5) is 8.78 Å². The molecule has 0 saturated heterocycles. The van der Waals surface area contributed by atoms with Crippen LogP contribution in [-0.2, 0) is 6.54 Å². The minimum absolute atomic E-state index is 0.0326. The molecule has 0 bridgehead atoms. The largest absolute Gasteiger partial charge is 0.305 e. The van der Waals surface area contributed by atoms with Crippen molar-refractivity contribution in [2.75, 3.05) is 13.3 Å². The Morgan fingerprint density at radius 3 is 2.52 bits per heavy atom. The first-order valence-corrected chi connectivity index (χ1v) is 12.5. The molecule has 2 aromatic rings. The summed E-state index contributed by atoms with van der Waals surface area (Å²) in [5, 5.41) is 12.1. The summed E-state index contributed by atoms with van der Waals surface area (Å²) in [6, 6.07) is 9.77. The highest BCUT2D eigenvalue weighted by Gasteiger charge is 2.38. The zero-order valence-corrected chi connectivity index (χ0v) is 19.9. The average molecular weight is 454 g/mol. The fraction of sp³-hybridized carbons (Fsp3) is 0.571. The van der Waals surface area contributed by atoms with Gasteiger partial charge >= 0.3 is 0 Å². The van der Waals surface area contributed by atoms with Gasteiger partial charge in [0.05, 0.1) is 6.04 Å². The van der Waals surface area contributed by atoms with Gasteiger partial charge in [-0.2, -0.15) is 0 Å². The van der Waals surface area contributed by atoms with Crippen LogP contribution in [-0.4, -0.2) is 30.1 Å². The molecule has 1 aromatic carbocycles. The molecule has 2 N–H and O–H groups in total. The van der Waals surface area contributed by atoms with Crippen molar-refractivity contribution in [2.24, 2.45) is 11.8 Å². The van der Waals surface area contributed by atoms with Crippen LogP contribution in [0.25, 0.3) is 0 Å². The fourth-order valence-corrected chi connectivity index (χ4v) is 5.91. The number of rotatable bonds is 7. The molecule has 2 aliphatic carbocycles. The molecule has 1 aromatic heterocycles. The summed E-state index contributed by atoms with van der Waals surface area (Å²) < 4.78 is 25.6. The Hall–Kier alpha value is -2.14. The Morgan fingerprint density at radius 2 is 1.85 bits per heavy atom. The minimum Gasteiger partial charge on any atom is -0.305 e. The van der Waals surface area contributed by atoms with Crippen molar-refractivity contribution in [1.29, 1.82) is 5.41 Å². The Bertz CT molecular complexity index is 933. The van der Waals surface area contributed by atoms with Crippen molar-refractivity contribution < 1.29 is 8.78 Å². The van der Waals surface area contributed by atoms with Crippen molar-refractivity contribution in [3.8, 4) is 0 Å². The van der Waals surface area contributed by atoms with E-state index < -0.39 is 19.4 Å². The van der Waals surface area contributed by atoms with E-state index in [1.54, 1.807) is 6.20 Å². The lowest BCUT2D eigenvalue weighted by Crippen LogP contribution is -2.32. The summed E-state index contributed by atoms with van der Waals surface area (Å²) in [6.07, 6.45) is 9.30. The number of alkyl halides is 2. The van der Waals surface area contributed by atoms with Crippen LogP contribution in [0.2, 0.25) is 0 Å². The zero-order valence-electron chi connectivity index (χ0n) is 19.9. The van der Waals surface area contributed by atoms with Gasteiger partial charge in [-0.05, 0) is 53.9 Å². The van der Waals surface area contributed by atoms with Crippen LogP contribution in [0.15, 0.2) is 36.5 Å². The first kappa shape index (κ1) is 24.0. The van der Waals surface area contributed by atoms with Gasteiger partial charge < -0.3 is 10.7 Å². The number of aryl methyl sites for hydroxylation is 1. The molecule has 178 valence electrons. The number of hydrogen-bond acceptors (Lipinski definition) is 3. The molecular weight excluding hydrogens is 416 g/mol. The molecule has 0 amide bonds. The first-order chi connectivity index (χ1) is 16.0. The van der Waals surface area contributed by atoms with Gasteiger partial charge in [-0.25, -0.2) is 8.78 Å². The molecule has 2 aliphatic rings. The van der Waals surface area contributed by atoms with Gasteiger partial charge in [0.25, 0.3) is 0 Å². The van der Waals surface area contributed by atoms with Gasteiger partial charge in [0, 0.05) is 30.1 Å². The lowest BCUT2D eigenvalue weighted by molar-refractivity contribution is 0.208. The second-order valence-corrected chi connectivity index (χ2v) is 10.1. The molecular formula is C28H37F2N3. The van der Waals surface area contributed by atoms with E-state index >= 15 is 0 Å². The van der Waals surface area contributed by atoms with Crippen LogP contribution < -0.4 is 5.32 Å². The normalized spacial score (nSPS) is 24.0. The molecule has 5 heteroatoms. The maximum Gasteiger partial charge on any atom is 0.107 e. The second kappa shape index (κ2) is 10.9. The molecule has 0 radical (unpaired) electrons. The topological polar surface area (TPSA) is 48.8 Å². The fourth-order valence-electron chi connectivity index (χ4n) is 5.91. The number of nitrogens with one attached hydrogen (secondary N) is 2. The van der Waals surface area contributed by atoms with Crippen LogP contribution in [0.3, 0.4) is 0 Å². The van der Waals surface area contributed by atoms with E-state index in [1.807, 2.05) is 12.1 Å². The summed E-state index contributed by atoms with van der Waals surface area (Å²) >= 11 is 0. The van der Waals surface area contributed by atoms with Gasteiger partial charge in [0.15, 0.2) is 0 Å². The predicted molar refractivity (Wildman–Crippen MR) is 131 cm³/mol. The third-order valence-electron chi connectivity index (χ3n) is 7.91. The third-order valence-corrected chi connectivity index (χ3v) is 7.91. The summed E-state index contributed by atoms with van der Waals surface area (Å²) in [7, 11) is 0. The molecule has 33 heavy (non-hydrogen) atoms. The minimum atomic E-state index is -0.766. The molecule has 3 unspecified atom stereocenters. The number of halogens is 2. The summed E-state index contributed by atoms with van der Waals surface area (Å²) in [6.45, 7) is 3.44. The van der Waals surface area contributed by atoms with E-state index in [2.05, 4.69) is 37.4 Å². The van der Waals surface area contributed by atoms with Gasteiger partial charge in [-0.15, -0.1) is 0 Å². The van der Waals surface area contributed by atoms with Crippen molar-refractivity contribution in [1.82, 2.24) is 10.3 Å². The third kappa shape index (κ3) is 5.34. The highest BCUT2D eigenvalue weighted by Crippen LogP contribution is 2.47. The molecule has 1 heterocycles. The number of fused-ring (bicyclic) bond motifs is 1. The van der Waals surface area contributed by atoms with E-state index in [1.165, 1.54) is 43.2 Å². The van der Waals surface area contributed by atoms with Crippen molar-refractivity contribution >= 4 is 5.71 Å². The summed E-state index contributed by atoms with van der Waals surface area (Å²) in [5.41, 5.74) is 6.14. The van der Waals surface area contributed by atoms with E-state index in [0.717, 1.165) is 23.2 Å². The van der Waals surface area contributed by atoms with Crippen molar-refractivity contribution in [3.63, 3.8) is 0 Å². The predicted octanol–water partition coefficient (Wildman–Crippen LogP) is 6.64. The monoisotopic (exact) mass is 453 g/mol. The Balaban J connectivity index is 1.62. The van der Waals surface area contributed by atoms with E-state index in [-0.39, 0.29) is 5.92 Å². The molecule has 0 spiro atoms. The van der Waals surface area contributed by atoms with Crippen LogP contribution in [0, 0.1) is 24.2 Å². The number of hydrogen-bond donors (Lipinski definition) is 2. The maximum absolute atomic E-state index is 12.8. The first-order valence-electron chi connectivity index (χ1n) is 12.5. The highest BCUT2D eigenvalue weighted by atomic mass is 19.1. The van der Waals surface area contributed by atoms with E-state index in [4.69, 9.17) is 4.98 Å². The Morgan fingerprint density at radius 1 is 1.09 bits per heavy atom. The standard InChI is InChI=1S/C28H37F2N3/c1-18-8-10-23-25(12-18)19(2)24(21-6-4-3-5-7-21)13-26(28(23)31)27-11-9-20(17-33-27)16-32-22(14-29)15-30/h8-12,17,19,21-22,24,26,31-32H,3-7,13-16H2,1-2H3. The second-order valence-electron chi connectivity index (χ2n) is 10.1. The smallest absolute Gasteiger partial charge is 0.107 e. The van der Waals surface area contributed by atoms with Crippen molar-refractivity contribution in [3.05, 3.63) is 64.5 Å². The Labute approximate surface area is 196 Å². The van der Waals surface area contributed by atoms with Crippen LogP contribution in [0.1, 0.15) is 85.2 Å². The van der Waals surface area contributed by atoms with Gasteiger partial charge in [0.1, 0.15) is 13.3 Å². The van der Waals surface area contributed by atoms with Crippen molar-refractivity contribution in [2.45, 2.75) is 76.8 Å². The SMILES string of the molecule is Cc1ccc2c(c1)C(C)C(C1CCCCC1)CC(c1ccc(CNC(CF)CF)cn1)C2=N. The molecule has 3 atom stereocenters. The van der Waals surface area contributed by atoms with Gasteiger partial charge in [-0.1, -0.05) is 68.9 Å². The molecule has 4 rings (SSSR count). The number of pyridine rings is 1. The average Bonchev–Trinajstić information content (AvgIpc) is 2.95. The zero-order chi connectivity index (χ0) is 23.4. The van der Waals surface area contributed by atoms with Gasteiger partial charge in [-0.3, -0.25) is 4.98 Å². The quantitative estimate of drug-likeness (QED) is 0.462. The molecule has 0 aliphatic heterocycles. The maximum atomic E-state index is 12.8. The van der Waals surface area contributed by atoms with Crippen LogP contribution in [0.5, 0.6) is 0 Å². The lowest BCUT2D eigenvalue weighted by atomic mass is 9.70. The summed E-state index contributed by atoms with van der Waals surface area (Å²) in [4.78, 5) is 4.75. The molecule has 1 saturated carbocycles. The number of benzene rings is 1. The summed E-state index contributed by atoms with van der Waals surface area (Å²) in [5.74, 6) is 1.64. The Kier molecular flexibility index (Phi) is 7.90. The molecule has 1 fully saturated rings. The highest BCUT2D eigenvalue weighted by molar-refractivity contribution is 6.04.